The number of hydrogen-bond donors (Lipinski definition) is 0. The molecule has 0 aliphatic heterocycles. The third kappa shape index (κ3) is 3.07. The highest BCUT2D eigenvalue weighted by molar-refractivity contribution is 6.06. The third-order valence-electron chi connectivity index (χ3n) is 2.78. The highest BCUT2D eigenvalue weighted by Gasteiger charge is 2.16. The second kappa shape index (κ2) is 5.96. The van der Waals surface area contributed by atoms with Gasteiger partial charge in [-0.2, -0.15) is 0 Å². The summed E-state index contributed by atoms with van der Waals surface area (Å²) in [6, 6.07) is 13.2. The molecule has 0 radical (unpaired) electrons. The van der Waals surface area contributed by atoms with Crippen molar-refractivity contribution in [3.05, 3.63) is 72.6 Å². The van der Waals surface area contributed by atoms with Crippen molar-refractivity contribution in [2.75, 3.05) is 11.4 Å². The maximum absolute atomic E-state index is 12.5. The molecule has 0 atom stereocenters. The van der Waals surface area contributed by atoms with Crippen LogP contribution in [0.25, 0.3) is 0 Å². The summed E-state index contributed by atoms with van der Waals surface area (Å²) in [5, 5.41) is 0. The molecule has 0 aliphatic rings. The molecule has 0 N–H and O–H groups in total. The molecule has 0 spiro atoms. The molecule has 0 bridgehead atoms. The van der Waals surface area contributed by atoms with Gasteiger partial charge in [0.1, 0.15) is 0 Å². The van der Waals surface area contributed by atoms with Crippen molar-refractivity contribution in [3.8, 4) is 0 Å². The molecule has 96 valence electrons. The monoisotopic (exact) mass is 252 g/mol. The van der Waals surface area contributed by atoms with E-state index in [1.165, 1.54) is 0 Å². The summed E-state index contributed by atoms with van der Waals surface area (Å²) in [5.41, 5.74) is 2.33. The first-order valence-corrected chi connectivity index (χ1v) is 6.13. The van der Waals surface area contributed by atoms with Gasteiger partial charge in [0, 0.05) is 24.1 Å². The minimum atomic E-state index is -0.0707. The van der Waals surface area contributed by atoms with Crippen LogP contribution in [-0.4, -0.2) is 17.4 Å². The van der Waals surface area contributed by atoms with Gasteiger partial charge in [-0.3, -0.25) is 9.78 Å². The number of benzene rings is 1. The van der Waals surface area contributed by atoms with Gasteiger partial charge in [0.2, 0.25) is 0 Å². The van der Waals surface area contributed by atoms with E-state index in [2.05, 4.69) is 11.6 Å². The average Bonchev–Trinajstić information content (AvgIpc) is 2.46. The topological polar surface area (TPSA) is 33.2 Å². The Morgan fingerprint density at radius 2 is 2.00 bits per heavy atom. The standard InChI is InChI=1S/C16H16N2O/c1-3-11-18(15-7-5-4-6-8-15)16(19)14-10-9-13(2)17-12-14/h3-10,12H,1,11H2,2H3. The number of carbonyl (C=O) groups excluding carboxylic acids is 1. The summed E-state index contributed by atoms with van der Waals surface area (Å²) in [4.78, 5) is 18.3. The summed E-state index contributed by atoms with van der Waals surface area (Å²) < 4.78 is 0. The van der Waals surface area contributed by atoms with E-state index in [0.29, 0.717) is 12.1 Å². The van der Waals surface area contributed by atoms with Crippen LogP contribution in [0.3, 0.4) is 0 Å². The Labute approximate surface area is 113 Å². The predicted molar refractivity (Wildman–Crippen MR) is 77.3 cm³/mol. The predicted octanol–water partition coefficient (Wildman–Crippen LogP) is 3.22. The fourth-order valence-corrected chi connectivity index (χ4v) is 1.79. The number of hydrogen-bond acceptors (Lipinski definition) is 2. The first kappa shape index (κ1) is 13.0. The quantitative estimate of drug-likeness (QED) is 0.783. The highest BCUT2D eigenvalue weighted by Crippen LogP contribution is 2.16. The molecule has 1 amide bonds. The number of nitrogens with zero attached hydrogens (tertiary/aromatic N) is 2. The summed E-state index contributed by atoms with van der Waals surface area (Å²) >= 11 is 0. The van der Waals surface area contributed by atoms with Crippen LogP contribution in [0.5, 0.6) is 0 Å². The van der Waals surface area contributed by atoms with E-state index in [4.69, 9.17) is 0 Å². The molecule has 1 aromatic heterocycles. The molecule has 0 saturated heterocycles. The van der Waals surface area contributed by atoms with E-state index in [9.17, 15) is 4.79 Å². The van der Waals surface area contributed by atoms with Gasteiger partial charge in [-0.05, 0) is 31.2 Å². The largest absolute Gasteiger partial charge is 0.305 e. The number of anilines is 1. The van der Waals surface area contributed by atoms with Crippen LogP contribution in [0.4, 0.5) is 5.69 Å². The molecule has 0 unspecified atom stereocenters. The summed E-state index contributed by atoms with van der Waals surface area (Å²) in [6.07, 6.45) is 3.32. The maximum atomic E-state index is 12.5. The van der Waals surface area contributed by atoms with E-state index in [1.54, 1.807) is 23.2 Å². The van der Waals surface area contributed by atoms with Gasteiger partial charge in [-0.15, -0.1) is 6.58 Å². The number of rotatable bonds is 4. The molecule has 0 fully saturated rings. The number of carbonyl (C=O) groups is 1. The minimum Gasteiger partial charge on any atom is -0.305 e. The van der Waals surface area contributed by atoms with Crippen molar-refractivity contribution in [2.45, 2.75) is 6.92 Å². The number of para-hydroxylation sites is 1. The molecule has 2 rings (SSSR count). The van der Waals surface area contributed by atoms with Gasteiger partial charge in [0.05, 0.1) is 5.56 Å². The first-order chi connectivity index (χ1) is 9.22. The lowest BCUT2D eigenvalue weighted by Gasteiger charge is -2.21. The van der Waals surface area contributed by atoms with Crippen molar-refractivity contribution in [2.24, 2.45) is 0 Å². The van der Waals surface area contributed by atoms with Gasteiger partial charge in [0.15, 0.2) is 0 Å². The molecule has 0 aliphatic carbocycles. The lowest BCUT2D eigenvalue weighted by molar-refractivity contribution is 0.0989. The average molecular weight is 252 g/mol. The van der Waals surface area contributed by atoms with E-state index in [1.807, 2.05) is 43.3 Å². The minimum absolute atomic E-state index is 0.0707. The smallest absolute Gasteiger partial charge is 0.260 e. The fraction of sp³-hybridized carbons (Fsp3) is 0.125. The molecule has 3 heteroatoms. The Morgan fingerprint density at radius 1 is 1.26 bits per heavy atom. The number of aromatic nitrogens is 1. The normalized spacial score (nSPS) is 9.95. The van der Waals surface area contributed by atoms with Gasteiger partial charge in [0.25, 0.3) is 5.91 Å². The van der Waals surface area contributed by atoms with Gasteiger partial charge in [-0.1, -0.05) is 24.3 Å². The second-order valence-electron chi connectivity index (χ2n) is 4.23. The number of amides is 1. The van der Waals surface area contributed by atoms with Crippen molar-refractivity contribution >= 4 is 11.6 Å². The Balaban J connectivity index is 2.31. The van der Waals surface area contributed by atoms with Crippen LogP contribution in [0.1, 0.15) is 16.1 Å². The summed E-state index contributed by atoms with van der Waals surface area (Å²) in [7, 11) is 0. The number of pyridine rings is 1. The van der Waals surface area contributed by atoms with Crippen LogP contribution >= 0.6 is 0 Å². The van der Waals surface area contributed by atoms with Gasteiger partial charge < -0.3 is 4.90 Å². The first-order valence-electron chi connectivity index (χ1n) is 6.13. The van der Waals surface area contributed by atoms with Crippen LogP contribution in [0.2, 0.25) is 0 Å². The Hall–Kier alpha value is -2.42. The second-order valence-corrected chi connectivity index (χ2v) is 4.23. The van der Waals surface area contributed by atoms with E-state index >= 15 is 0 Å². The van der Waals surface area contributed by atoms with Crippen molar-refractivity contribution < 1.29 is 4.79 Å². The number of aryl methyl sites for hydroxylation is 1. The van der Waals surface area contributed by atoms with Crippen LogP contribution in [0.15, 0.2) is 61.3 Å². The molecule has 19 heavy (non-hydrogen) atoms. The Bertz CT molecular complexity index is 561. The fourth-order valence-electron chi connectivity index (χ4n) is 1.79. The van der Waals surface area contributed by atoms with Crippen LogP contribution in [-0.2, 0) is 0 Å². The summed E-state index contributed by atoms with van der Waals surface area (Å²) in [5.74, 6) is -0.0707. The van der Waals surface area contributed by atoms with Crippen LogP contribution < -0.4 is 4.90 Å². The molecular formula is C16H16N2O. The zero-order chi connectivity index (χ0) is 13.7. The lowest BCUT2D eigenvalue weighted by atomic mass is 10.2. The van der Waals surface area contributed by atoms with E-state index in [0.717, 1.165) is 11.4 Å². The summed E-state index contributed by atoms with van der Waals surface area (Å²) in [6.45, 7) is 6.07. The highest BCUT2D eigenvalue weighted by atomic mass is 16.2. The van der Waals surface area contributed by atoms with Crippen molar-refractivity contribution in [1.29, 1.82) is 0 Å². The van der Waals surface area contributed by atoms with Crippen molar-refractivity contribution in [3.63, 3.8) is 0 Å². The molecule has 0 saturated carbocycles. The zero-order valence-electron chi connectivity index (χ0n) is 10.9. The molecular weight excluding hydrogens is 236 g/mol. The third-order valence-corrected chi connectivity index (χ3v) is 2.78. The maximum Gasteiger partial charge on any atom is 0.260 e. The van der Waals surface area contributed by atoms with Gasteiger partial charge >= 0.3 is 0 Å². The lowest BCUT2D eigenvalue weighted by Crippen LogP contribution is -2.31. The Kier molecular flexibility index (Phi) is 4.08. The SMILES string of the molecule is C=CCN(C(=O)c1ccc(C)nc1)c1ccccc1. The molecule has 1 heterocycles. The Morgan fingerprint density at radius 3 is 2.58 bits per heavy atom. The van der Waals surface area contributed by atoms with Gasteiger partial charge in [-0.25, -0.2) is 0 Å². The molecule has 3 nitrogen and oxygen atoms in total. The van der Waals surface area contributed by atoms with E-state index in [-0.39, 0.29) is 5.91 Å². The molecule has 2 aromatic rings. The van der Waals surface area contributed by atoms with E-state index < -0.39 is 0 Å². The van der Waals surface area contributed by atoms with Crippen molar-refractivity contribution in [1.82, 2.24) is 4.98 Å². The van der Waals surface area contributed by atoms with Crippen LogP contribution in [0, 0.1) is 6.92 Å². The molecule has 1 aromatic carbocycles. The zero-order valence-corrected chi connectivity index (χ0v) is 10.9.